The number of carbonyl (C=O) groups is 1. The SMILES string of the molecule is Cc1nn(C)cc1CCC(=O)Nc1cc(Cl)cc([N+](=O)[O-])c1O. The number of halogens is 1. The molecule has 0 saturated heterocycles. The van der Waals surface area contributed by atoms with Gasteiger partial charge in [-0.25, -0.2) is 0 Å². The normalized spacial score (nSPS) is 10.6. The Kier molecular flexibility index (Phi) is 4.85. The molecule has 122 valence electrons. The summed E-state index contributed by atoms with van der Waals surface area (Å²) in [6, 6.07) is 2.28. The Morgan fingerprint density at radius 1 is 1.52 bits per heavy atom. The van der Waals surface area contributed by atoms with Gasteiger partial charge in [-0.1, -0.05) is 11.6 Å². The summed E-state index contributed by atoms with van der Waals surface area (Å²) in [6.07, 6.45) is 2.44. The zero-order chi connectivity index (χ0) is 17.1. The van der Waals surface area contributed by atoms with Gasteiger partial charge in [-0.2, -0.15) is 5.10 Å². The number of aromatic nitrogens is 2. The van der Waals surface area contributed by atoms with Crippen LogP contribution in [0.4, 0.5) is 11.4 Å². The smallest absolute Gasteiger partial charge is 0.314 e. The van der Waals surface area contributed by atoms with E-state index in [-0.39, 0.29) is 23.0 Å². The molecule has 1 aromatic carbocycles. The van der Waals surface area contributed by atoms with Gasteiger partial charge in [0, 0.05) is 30.8 Å². The zero-order valence-corrected chi connectivity index (χ0v) is 13.3. The van der Waals surface area contributed by atoms with Crippen LogP contribution in [-0.4, -0.2) is 25.7 Å². The molecule has 0 unspecified atom stereocenters. The van der Waals surface area contributed by atoms with Crippen molar-refractivity contribution >= 4 is 28.9 Å². The Bertz CT molecular complexity index is 772. The highest BCUT2D eigenvalue weighted by molar-refractivity contribution is 6.31. The summed E-state index contributed by atoms with van der Waals surface area (Å²) in [4.78, 5) is 22.0. The summed E-state index contributed by atoms with van der Waals surface area (Å²) < 4.78 is 1.66. The maximum absolute atomic E-state index is 12.0. The van der Waals surface area contributed by atoms with Crippen molar-refractivity contribution in [1.82, 2.24) is 9.78 Å². The van der Waals surface area contributed by atoms with E-state index in [0.717, 1.165) is 17.3 Å². The van der Waals surface area contributed by atoms with Crippen molar-refractivity contribution < 1.29 is 14.8 Å². The monoisotopic (exact) mass is 338 g/mol. The molecule has 0 aliphatic carbocycles. The summed E-state index contributed by atoms with van der Waals surface area (Å²) >= 11 is 5.77. The minimum Gasteiger partial charge on any atom is -0.501 e. The van der Waals surface area contributed by atoms with Crippen molar-refractivity contribution in [2.75, 3.05) is 5.32 Å². The third-order valence-corrected chi connectivity index (χ3v) is 3.48. The Hall–Kier alpha value is -2.61. The van der Waals surface area contributed by atoms with Crippen LogP contribution in [0.2, 0.25) is 5.02 Å². The lowest BCUT2D eigenvalue weighted by Gasteiger charge is -2.08. The van der Waals surface area contributed by atoms with Gasteiger partial charge in [0.25, 0.3) is 0 Å². The molecule has 1 aromatic heterocycles. The maximum atomic E-state index is 12.0. The molecule has 9 heteroatoms. The van der Waals surface area contributed by atoms with Gasteiger partial charge in [0.05, 0.1) is 16.3 Å². The zero-order valence-electron chi connectivity index (χ0n) is 12.5. The molecule has 2 N–H and O–H groups in total. The van der Waals surface area contributed by atoms with E-state index in [0.29, 0.717) is 6.42 Å². The van der Waals surface area contributed by atoms with Crippen LogP contribution in [0.25, 0.3) is 0 Å². The van der Waals surface area contributed by atoms with Crippen LogP contribution in [-0.2, 0) is 18.3 Å². The van der Waals surface area contributed by atoms with Gasteiger partial charge in [-0.15, -0.1) is 0 Å². The van der Waals surface area contributed by atoms with E-state index in [1.165, 1.54) is 6.07 Å². The number of carbonyl (C=O) groups excluding carboxylic acids is 1. The molecule has 1 heterocycles. The number of nitrogens with one attached hydrogen (secondary N) is 1. The first kappa shape index (κ1) is 16.8. The summed E-state index contributed by atoms with van der Waals surface area (Å²) in [5.41, 5.74) is 1.12. The summed E-state index contributed by atoms with van der Waals surface area (Å²) in [6.45, 7) is 1.85. The fraction of sp³-hybridized carbons (Fsp3) is 0.286. The topological polar surface area (TPSA) is 110 Å². The standard InChI is InChI=1S/C14H15ClN4O4/c1-8-9(7-18(2)17-8)3-4-13(20)16-11-5-10(15)6-12(14(11)21)19(22)23/h5-7,21H,3-4H2,1-2H3,(H,16,20). The number of nitrogens with zero attached hydrogens (tertiary/aromatic N) is 3. The average Bonchev–Trinajstić information content (AvgIpc) is 2.78. The minimum absolute atomic E-state index is 0.0490. The Morgan fingerprint density at radius 2 is 2.22 bits per heavy atom. The third kappa shape index (κ3) is 3.98. The first-order valence-electron chi connectivity index (χ1n) is 6.73. The van der Waals surface area contributed by atoms with Crippen LogP contribution in [0.1, 0.15) is 17.7 Å². The lowest BCUT2D eigenvalue weighted by molar-refractivity contribution is -0.385. The number of aryl methyl sites for hydroxylation is 3. The van der Waals surface area contributed by atoms with Gasteiger partial charge in [-0.05, 0) is 25.0 Å². The Morgan fingerprint density at radius 3 is 2.78 bits per heavy atom. The van der Waals surface area contributed by atoms with Gasteiger partial charge in [-0.3, -0.25) is 19.6 Å². The summed E-state index contributed by atoms with van der Waals surface area (Å²) in [5, 5.41) is 27.3. The van der Waals surface area contributed by atoms with Crippen LogP contribution in [0, 0.1) is 17.0 Å². The highest BCUT2D eigenvalue weighted by Gasteiger charge is 2.20. The molecular formula is C14H15ClN4O4. The van der Waals surface area contributed by atoms with Crippen molar-refractivity contribution in [1.29, 1.82) is 0 Å². The van der Waals surface area contributed by atoms with Crippen LogP contribution >= 0.6 is 11.6 Å². The van der Waals surface area contributed by atoms with E-state index in [9.17, 15) is 20.0 Å². The molecule has 2 rings (SSSR count). The molecule has 0 fully saturated rings. The highest BCUT2D eigenvalue weighted by Crippen LogP contribution is 2.37. The quantitative estimate of drug-likeness (QED) is 0.494. The molecule has 23 heavy (non-hydrogen) atoms. The number of anilines is 1. The largest absolute Gasteiger partial charge is 0.501 e. The third-order valence-electron chi connectivity index (χ3n) is 3.26. The van der Waals surface area contributed by atoms with Crippen molar-refractivity contribution in [2.45, 2.75) is 19.8 Å². The fourth-order valence-electron chi connectivity index (χ4n) is 2.17. The molecule has 8 nitrogen and oxygen atoms in total. The second-order valence-electron chi connectivity index (χ2n) is 5.04. The number of hydrogen-bond donors (Lipinski definition) is 2. The molecule has 0 aliphatic heterocycles. The van der Waals surface area contributed by atoms with Gasteiger partial charge in [0.15, 0.2) is 0 Å². The summed E-state index contributed by atoms with van der Waals surface area (Å²) in [5.74, 6) is -1.01. The molecule has 0 spiro atoms. The van der Waals surface area contributed by atoms with Crippen molar-refractivity contribution in [2.24, 2.45) is 7.05 Å². The second kappa shape index (κ2) is 6.66. The van der Waals surface area contributed by atoms with Crippen molar-refractivity contribution in [3.05, 3.63) is 44.7 Å². The van der Waals surface area contributed by atoms with Gasteiger partial charge < -0.3 is 10.4 Å². The predicted molar refractivity (Wildman–Crippen MR) is 84.7 cm³/mol. The van der Waals surface area contributed by atoms with Gasteiger partial charge >= 0.3 is 5.69 Å². The van der Waals surface area contributed by atoms with Crippen LogP contribution < -0.4 is 5.32 Å². The fourth-order valence-corrected chi connectivity index (χ4v) is 2.39. The van der Waals surface area contributed by atoms with E-state index < -0.39 is 16.4 Å². The Labute approximate surface area is 136 Å². The lowest BCUT2D eigenvalue weighted by atomic mass is 10.1. The molecule has 0 radical (unpaired) electrons. The number of phenolic OH excluding ortho intramolecular Hbond substituents is 1. The number of benzene rings is 1. The lowest BCUT2D eigenvalue weighted by Crippen LogP contribution is -2.13. The summed E-state index contributed by atoms with van der Waals surface area (Å²) in [7, 11) is 1.79. The number of rotatable bonds is 5. The van der Waals surface area contributed by atoms with E-state index in [1.54, 1.807) is 11.7 Å². The number of nitro benzene ring substituents is 1. The minimum atomic E-state index is -0.768. The van der Waals surface area contributed by atoms with Gasteiger partial charge in [0.2, 0.25) is 11.7 Å². The van der Waals surface area contributed by atoms with Crippen molar-refractivity contribution in [3.8, 4) is 5.75 Å². The van der Waals surface area contributed by atoms with E-state index >= 15 is 0 Å². The van der Waals surface area contributed by atoms with E-state index in [1.807, 2.05) is 13.1 Å². The first-order valence-corrected chi connectivity index (χ1v) is 7.11. The van der Waals surface area contributed by atoms with Crippen molar-refractivity contribution in [3.63, 3.8) is 0 Å². The molecule has 0 aliphatic rings. The molecule has 1 amide bonds. The number of aromatic hydroxyl groups is 1. The molecule has 0 bridgehead atoms. The van der Waals surface area contributed by atoms with E-state index in [4.69, 9.17) is 11.6 Å². The molecule has 0 saturated carbocycles. The molecule has 2 aromatic rings. The van der Waals surface area contributed by atoms with Crippen LogP contribution in [0.15, 0.2) is 18.3 Å². The highest BCUT2D eigenvalue weighted by atomic mass is 35.5. The number of nitro groups is 1. The first-order chi connectivity index (χ1) is 10.8. The number of amides is 1. The molecular weight excluding hydrogens is 324 g/mol. The number of phenols is 1. The maximum Gasteiger partial charge on any atom is 0.314 e. The predicted octanol–water partition coefficient (Wildman–Crippen LogP) is 2.57. The van der Waals surface area contributed by atoms with Gasteiger partial charge in [0.1, 0.15) is 0 Å². The van der Waals surface area contributed by atoms with E-state index in [2.05, 4.69) is 10.4 Å². The molecule has 0 atom stereocenters. The average molecular weight is 339 g/mol. The van der Waals surface area contributed by atoms with Crippen LogP contribution in [0.5, 0.6) is 5.75 Å². The Balaban J connectivity index is 2.08. The van der Waals surface area contributed by atoms with Crippen LogP contribution in [0.3, 0.4) is 0 Å². The second-order valence-corrected chi connectivity index (χ2v) is 5.48. The number of hydrogen-bond acceptors (Lipinski definition) is 5.